The lowest BCUT2D eigenvalue weighted by molar-refractivity contribution is 0.0602. The van der Waals surface area contributed by atoms with Gasteiger partial charge in [0.25, 0.3) is 0 Å². The van der Waals surface area contributed by atoms with E-state index in [9.17, 15) is 4.79 Å². The van der Waals surface area contributed by atoms with Crippen molar-refractivity contribution in [3.8, 4) is 0 Å². The lowest BCUT2D eigenvalue weighted by atomic mass is 10.2. The molecule has 3 nitrogen and oxygen atoms in total. The van der Waals surface area contributed by atoms with Gasteiger partial charge in [-0.05, 0) is 19.1 Å². The first-order valence-corrected chi connectivity index (χ1v) is 6.32. The molecule has 0 heterocycles. The van der Waals surface area contributed by atoms with Gasteiger partial charge in [-0.3, -0.25) is 4.99 Å². The lowest BCUT2D eigenvalue weighted by Gasteiger charge is -2.16. The molecule has 1 atom stereocenters. The van der Waals surface area contributed by atoms with Crippen LogP contribution in [-0.2, 0) is 4.74 Å². The molecule has 0 fully saturated rings. The Balaban J connectivity index is 3.05. The van der Waals surface area contributed by atoms with Crippen LogP contribution in [0.25, 0.3) is 0 Å². The zero-order valence-corrected chi connectivity index (χ0v) is 12.1. The summed E-state index contributed by atoms with van der Waals surface area (Å²) in [5.74, 6) is -0.476. The van der Waals surface area contributed by atoms with Gasteiger partial charge in [0.15, 0.2) is 4.33 Å². The molecule has 0 unspecified atom stereocenters. The van der Waals surface area contributed by atoms with E-state index in [1.54, 1.807) is 31.2 Å². The molecule has 0 aliphatic rings. The molecule has 0 N–H and O–H groups in total. The minimum absolute atomic E-state index is 0.336. The van der Waals surface area contributed by atoms with Gasteiger partial charge in [0.05, 0.1) is 23.7 Å². The highest BCUT2D eigenvalue weighted by Gasteiger charge is 2.28. The molecule has 0 aliphatic heterocycles. The number of ether oxygens (including phenoxy) is 1. The fourth-order valence-corrected chi connectivity index (χ4v) is 1.28. The standard InChI is InChI=1S/C12H12Cl3NO2/c1-8(13)12(14,15)7-16-10-6-4-3-5-9(10)11(17)18-2/h3-8H,1-2H3/t8-/m0/s1. The van der Waals surface area contributed by atoms with E-state index in [1.807, 2.05) is 0 Å². The van der Waals surface area contributed by atoms with Gasteiger partial charge in [-0.2, -0.15) is 0 Å². The maximum absolute atomic E-state index is 11.5. The van der Waals surface area contributed by atoms with Crippen molar-refractivity contribution in [3.63, 3.8) is 0 Å². The van der Waals surface area contributed by atoms with Gasteiger partial charge in [0.2, 0.25) is 0 Å². The summed E-state index contributed by atoms with van der Waals surface area (Å²) >= 11 is 17.7. The van der Waals surface area contributed by atoms with Gasteiger partial charge < -0.3 is 4.74 Å². The normalized spacial score (nSPS) is 13.6. The van der Waals surface area contributed by atoms with Crippen molar-refractivity contribution in [2.75, 3.05) is 7.11 Å². The molecule has 0 bridgehead atoms. The lowest BCUT2D eigenvalue weighted by Crippen LogP contribution is -2.25. The predicted octanol–water partition coefficient (Wildman–Crippen LogP) is 3.98. The Labute approximate surface area is 121 Å². The number of hydrogen-bond acceptors (Lipinski definition) is 3. The molecule has 0 saturated heterocycles. The van der Waals surface area contributed by atoms with Gasteiger partial charge in [-0.25, -0.2) is 4.79 Å². The van der Waals surface area contributed by atoms with Crippen LogP contribution >= 0.6 is 34.8 Å². The van der Waals surface area contributed by atoms with E-state index in [-0.39, 0.29) is 0 Å². The summed E-state index contributed by atoms with van der Waals surface area (Å²) in [5, 5.41) is -0.519. The number of para-hydroxylation sites is 1. The number of halogens is 3. The smallest absolute Gasteiger partial charge is 0.340 e. The molecule has 98 valence electrons. The summed E-state index contributed by atoms with van der Waals surface area (Å²) < 4.78 is 3.35. The van der Waals surface area contributed by atoms with E-state index < -0.39 is 15.7 Å². The summed E-state index contributed by atoms with van der Waals surface area (Å²) in [6, 6.07) is 6.72. The first-order valence-electron chi connectivity index (χ1n) is 5.13. The molecule has 1 aromatic carbocycles. The van der Waals surface area contributed by atoms with E-state index >= 15 is 0 Å². The second kappa shape index (κ2) is 6.41. The minimum Gasteiger partial charge on any atom is -0.465 e. The zero-order chi connectivity index (χ0) is 13.8. The molecular formula is C12H12Cl3NO2. The summed E-state index contributed by atoms with van der Waals surface area (Å²) in [6.45, 7) is 1.65. The van der Waals surface area contributed by atoms with Gasteiger partial charge in [-0.1, -0.05) is 35.3 Å². The molecule has 0 spiro atoms. The van der Waals surface area contributed by atoms with Crippen LogP contribution in [0.4, 0.5) is 5.69 Å². The van der Waals surface area contributed by atoms with Crippen LogP contribution < -0.4 is 0 Å². The molecule has 0 radical (unpaired) electrons. The largest absolute Gasteiger partial charge is 0.465 e. The highest BCUT2D eigenvalue weighted by atomic mass is 35.5. The summed E-state index contributed by atoms with van der Waals surface area (Å²) in [4.78, 5) is 15.6. The van der Waals surface area contributed by atoms with Crippen LogP contribution in [0.15, 0.2) is 29.3 Å². The number of carbonyl (C=O) groups is 1. The third kappa shape index (κ3) is 3.87. The highest BCUT2D eigenvalue weighted by molar-refractivity contribution is 6.59. The van der Waals surface area contributed by atoms with Crippen molar-refractivity contribution in [3.05, 3.63) is 29.8 Å². The SMILES string of the molecule is COC(=O)c1ccccc1N=CC(Cl)(Cl)[C@H](C)Cl. The van der Waals surface area contributed by atoms with E-state index in [4.69, 9.17) is 34.8 Å². The fraction of sp³-hybridized carbons (Fsp3) is 0.333. The first-order chi connectivity index (χ1) is 8.38. The summed E-state index contributed by atoms with van der Waals surface area (Å²) in [7, 11) is 1.30. The quantitative estimate of drug-likeness (QED) is 0.479. The number of esters is 1. The third-order valence-corrected chi connectivity index (χ3v) is 3.63. The number of carbonyl (C=O) groups excluding carboxylic acids is 1. The maximum Gasteiger partial charge on any atom is 0.340 e. The number of hydrogen-bond donors (Lipinski definition) is 0. The Kier molecular flexibility index (Phi) is 5.45. The molecule has 0 aromatic heterocycles. The summed E-state index contributed by atoms with van der Waals surface area (Å²) in [6.07, 6.45) is 1.30. The van der Waals surface area contributed by atoms with Crippen LogP contribution in [-0.4, -0.2) is 29.0 Å². The highest BCUT2D eigenvalue weighted by Crippen LogP contribution is 2.29. The van der Waals surface area contributed by atoms with Gasteiger partial charge in [-0.15, -0.1) is 11.6 Å². The predicted molar refractivity (Wildman–Crippen MR) is 75.7 cm³/mol. The number of aliphatic imine (C=N–C) groups is 1. The minimum atomic E-state index is -1.30. The number of methoxy groups -OCH3 is 1. The molecule has 6 heteroatoms. The monoisotopic (exact) mass is 307 g/mol. The van der Waals surface area contributed by atoms with Crippen molar-refractivity contribution < 1.29 is 9.53 Å². The van der Waals surface area contributed by atoms with Crippen molar-refractivity contribution in [1.29, 1.82) is 0 Å². The van der Waals surface area contributed by atoms with Crippen LogP contribution in [0, 0.1) is 0 Å². The number of nitrogens with zero attached hydrogens (tertiary/aromatic N) is 1. The van der Waals surface area contributed by atoms with Crippen molar-refractivity contribution in [2.45, 2.75) is 16.6 Å². The van der Waals surface area contributed by atoms with Gasteiger partial charge in [0, 0.05) is 6.21 Å². The third-order valence-electron chi connectivity index (χ3n) is 2.22. The van der Waals surface area contributed by atoms with E-state index in [0.29, 0.717) is 11.3 Å². The van der Waals surface area contributed by atoms with E-state index in [1.165, 1.54) is 13.3 Å². The van der Waals surface area contributed by atoms with E-state index in [0.717, 1.165) is 0 Å². The van der Waals surface area contributed by atoms with Gasteiger partial charge >= 0.3 is 5.97 Å². The Morgan fingerprint density at radius 2 is 2.06 bits per heavy atom. The molecule has 0 saturated carbocycles. The Hall–Kier alpha value is -0.770. The van der Waals surface area contributed by atoms with Crippen molar-refractivity contribution >= 4 is 52.7 Å². The average Bonchev–Trinajstić information content (AvgIpc) is 2.35. The fourth-order valence-electron chi connectivity index (χ4n) is 1.13. The summed E-state index contributed by atoms with van der Waals surface area (Å²) in [5.41, 5.74) is 0.759. The molecule has 18 heavy (non-hydrogen) atoms. The maximum atomic E-state index is 11.5. The Morgan fingerprint density at radius 1 is 1.44 bits per heavy atom. The average molecular weight is 309 g/mol. The molecule has 1 aromatic rings. The Morgan fingerprint density at radius 3 is 2.61 bits per heavy atom. The number of alkyl halides is 3. The first kappa shape index (κ1) is 15.3. The van der Waals surface area contributed by atoms with Crippen molar-refractivity contribution in [1.82, 2.24) is 0 Å². The molecular weight excluding hydrogens is 296 g/mol. The molecule has 0 amide bonds. The number of rotatable bonds is 4. The topological polar surface area (TPSA) is 38.7 Å². The zero-order valence-electron chi connectivity index (χ0n) is 9.86. The molecule has 0 aliphatic carbocycles. The Bertz CT molecular complexity index is 458. The number of benzene rings is 1. The van der Waals surface area contributed by atoms with Crippen molar-refractivity contribution in [2.24, 2.45) is 4.99 Å². The van der Waals surface area contributed by atoms with Crippen LogP contribution in [0.5, 0.6) is 0 Å². The molecule has 1 rings (SSSR count). The van der Waals surface area contributed by atoms with Crippen LogP contribution in [0.1, 0.15) is 17.3 Å². The van der Waals surface area contributed by atoms with Gasteiger partial charge in [0.1, 0.15) is 0 Å². The van der Waals surface area contributed by atoms with Crippen LogP contribution in [0.2, 0.25) is 0 Å². The second-order valence-corrected chi connectivity index (χ2v) is 5.66. The van der Waals surface area contributed by atoms with E-state index in [2.05, 4.69) is 9.73 Å². The van der Waals surface area contributed by atoms with Crippen LogP contribution in [0.3, 0.4) is 0 Å². The second-order valence-electron chi connectivity index (χ2n) is 3.56.